The SMILES string of the molecule is C[C@@H](Oc1ccc(N2CCCC2=O)cc1)C(=O)Nc1ccccc1-c1ccccc1. The number of carbonyl (C=O) groups excluding carboxylic acids is 2. The van der Waals surface area contributed by atoms with E-state index < -0.39 is 6.10 Å². The number of hydrogen-bond acceptors (Lipinski definition) is 3. The lowest BCUT2D eigenvalue weighted by molar-refractivity contribution is -0.122. The molecule has 0 aromatic heterocycles. The molecule has 0 radical (unpaired) electrons. The van der Waals surface area contributed by atoms with Crippen molar-refractivity contribution in [3.05, 3.63) is 78.9 Å². The lowest BCUT2D eigenvalue weighted by Gasteiger charge is -2.18. The van der Waals surface area contributed by atoms with Gasteiger partial charge in [0.1, 0.15) is 5.75 Å². The molecule has 5 nitrogen and oxygen atoms in total. The van der Waals surface area contributed by atoms with Crippen molar-refractivity contribution >= 4 is 23.2 Å². The molecule has 0 bridgehead atoms. The molecule has 3 aromatic carbocycles. The number of anilines is 2. The van der Waals surface area contributed by atoms with Crippen LogP contribution in [-0.4, -0.2) is 24.5 Å². The largest absolute Gasteiger partial charge is 0.481 e. The summed E-state index contributed by atoms with van der Waals surface area (Å²) in [5.74, 6) is 0.509. The number of benzene rings is 3. The van der Waals surface area contributed by atoms with Gasteiger partial charge < -0.3 is 15.0 Å². The van der Waals surface area contributed by atoms with Gasteiger partial charge in [-0.1, -0.05) is 48.5 Å². The molecular weight excluding hydrogens is 376 g/mol. The zero-order valence-electron chi connectivity index (χ0n) is 16.9. The van der Waals surface area contributed by atoms with Crippen molar-refractivity contribution in [3.8, 4) is 16.9 Å². The van der Waals surface area contributed by atoms with Gasteiger partial charge in [0.15, 0.2) is 6.10 Å². The van der Waals surface area contributed by atoms with Crippen molar-refractivity contribution in [1.29, 1.82) is 0 Å². The Kier molecular flexibility index (Phi) is 5.80. The predicted octanol–water partition coefficient (Wildman–Crippen LogP) is 4.89. The van der Waals surface area contributed by atoms with Gasteiger partial charge in [-0.2, -0.15) is 0 Å². The number of nitrogens with one attached hydrogen (secondary N) is 1. The van der Waals surface area contributed by atoms with Crippen LogP contribution < -0.4 is 15.0 Å². The van der Waals surface area contributed by atoms with Gasteiger partial charge in [0.25, 0.3) is 5.91 Å². The first-order chi connectivity index (χ1) is 14.6. The normalized spacial score (nSPS) is 14.4. The molecule has 0 saturated carbocycles. The molecule has 1 saturated heterocycles. The van der Waals surface area contributed by atoms with Crippen LogP contribution in [-0.2, 0) is 9.59 Å². The zero-order chi connectivity index (χ0) is 20.9. The van der Waals surface area contributed by atoms with Crippen molar-refractivity contribution < 1.29 is 14.3 Å². The van der Waals surface area contributed by atoms with Crippen molar-refractivity contribution in [3.63, 3.8) is 0 Å². The summed E-state index contributed by atoms with van der Waals surface area (Å²) in [6.45, 7) is 2.47. The molecule has 3 aromatic rings. The number of para-hydroxylation sites is 1. The van der Waals surface area contributed by atoms with Crippen LogP contribution in [0, 0.1) is 0 Å². The molecular formula is C25H24N2O3. The van der Waals surface area contributed by atoms with Crippen LogP contribution in [0.4, 0.5) is 11.4 Å². The average Bonchev–Trinajstić information content (AvgIpc) is 3.21. The fourth-order valence-electron chi connectivity index (χ4n) is 3.58. The minimum Gasteiger partial charge on any atom is -0.481 e. The van der Waals surface area contributed by atoms with Crippen LogP contribution in [0.1, 0.15) is 19.8 Å². The number of carbonyl (C=O) groups is 2. The lowest BCUT2D eigenvalue weighted by Crippen LogP contribution is -2.30. The Morgan fingerprint density at radius 1 is 0.967 bits per heavy atom. The van der Waals surface area contributed by atoms with E-state index in [0.29, 0.717) is 12.2 Å². The predicted molar refractivity (Wildman–Crippen MR) is 119 cm³/mol. The molecule has 1 aliphatic heterocycles. The van der Waals surface area contributed by atoms with Crippen LogP contribution in [0.5, 0.6) is 5.75 Å². The molecule has 1 aliphatic rings. The molecule has 1 atom stereocenters. The van der Waals surface area contributed by atoms with Crippen LogP contribution in [0.2, 0.25) is 0 Å². The van der Waals surface area contributed by atoms with Gasteiger partial charge in [-0.25, -0.2) is 0 Å². The summed E-state index contributed by atoms with van der Waals surface area (Å²) < 4.78 is 5.82. The van der Waals surface area contributed by atoms with Crippen LogP contribution in [0.3, 0.4) is 0 Å². The summed E-state index contributed by atoms with van der Waals surface area (Å²) in [5, 5.41) is 2.97. The number of hydrogen-bond donors (Lipinski definition) is 1. The number of nitrogens with zero attached hydrogens (tertiary/aromatic N) is 1. The molecule has 152 valence electrons. The van der Waals surface area contributed by atoms with Crippen LogP contribution >= 0.6 is 0 Å². The van der Waals surface area contributed by atoms with E-state index in [-0.39, 0.29) is 11.8 Å². The van der Waals surface area contributed by atoms with Crippen molar-refractivity contribution in [2.24, 2.45) is 0 Å². The third-order valence-corrected chi connectivity index (χ3v) is 5.17. The van der Waals surface area contributed by atoms with Gasteiger partial charge in [-0.05, 0) is 49.2 Å². The summed E-state index contributed by atoms with van der Waals surface area (Å²) in [6.07, 6.45) is 0.812. The van der Waals surface area contributed by atoms with E-state index in [9.17, 15) is 9.59 Å². The third-order valence-electron chi connectivity index (χ3n) is 5.17. The molecule has 0 unspecified atom stereocenters. The average molecular weight is 400 g/mol. The van der Waals surface area contributed by atoms with E-state index in [1.54, 1.807) is 24.0 Å². The Labute approximate surface area is 176 Å². The van der Waals surface area contributed by atoms with E-state index in [4.69, 9.17) is 4.74 Å². The van der Waals surface area contributed by atoms with Crippen molar-refractivity contribution in [1.82, 2.24) is 0 Å². The second kappa shape index (κ2) is 8.82. The van der Waals surface area contributed by atoms with E-state index in [1.165, 1.54) is 0 Å². The first-order valence-corrected chi connectivity index (χ1v) is 10.1. The second-order valence-electron chi connectivity index (χ2n) is 7.30. The highest BCUT2D eigenvalue weighted by atomic mass is 16.5. The topological polar surface area (TPSA) is 58.6 Å². The van der Waals surface area contributed by atoms with Crippen molar-refractivity contribution in [2.75, 3.05) is 16.8 Å². The summed E-state index contributed by atoms with van der Waals surface area (Å²) in [7, 11) is 0. The van der Waals surface area contributed by atoms with Gasteiger partial charge in [0.2, 0.25) is 5.91 Å². The second-order valence-corrected chi connectivity index (χ2v) is 7.30. The molecule has 0 aliphatic carbocycles. The minimum absolute atomic E-state index is 0.147. The maximum absolute atomic E-state index is 12.7. The maximum atomic E-state index is 12.7. The molecule has 1 fully saturated rings. The highest BCUT2D eigenvalue weighted by Gasteiger charge is 2.22. The molecule has 0 spiro atoms. The van der Waals surface area contributed by atoms with Gasteiger partial charge in [0.05, 0.1) is 0 Å². The number of amides is 2. The monoisotopic (exact) mass is 400 g/mol. The molecule has 1 heterocycles. The van der Waals surface area contributed by atoms with Crippen molar-refractivity contribution in [2.45, 2.75) is 25.9 Å². The number of ether oxygens (including phenoxy) is 1. The van der Waals surface area contributed by atoms with Crippen LogP contribution in [0.25, 0.3) is 11.1 Å². The summed E-state index contributed by atoms with van der Waals surface area (Å²) in [4.78, 5) is 26.4. The molecule has 1 N–H and O–H groups in total. The van der Waals surface area contributed by atoms with E-state index in [0.717, 1.165) is 35.5 Å². The van der Waals surface area contributed by atoms with Gasteiger partial charge >= 0.3 is 0 Å². The first-order valence-electron chi connectivity index (χ1n) is 10.1. The van der Waals surface area contributed by atoms with Crippen LogP contribution in [0.15, 0.2) is 78.9 Å². The molecule has 2 amide bonds. The lowest BCUT2D eigenvalue weighted by atomic mass is 10.0. The third kappa shape index (κ3) is 4.35. The quantitative estimate of drug-likeness (QED) is 0.641. The smallest absolute Gasteiger partial charge is 0.265 e. The minimum atomic E-state index is -0.673. The fourth-order valence-corrected chi connectivity index (χ4v) is 3.58. The highest BCUT2D eigenvalue weighted by molar-refractivity contribution is 5.98. The van der Waals surface area contributed by atoms with E-state index in [2.05, 4.69) is 5.32 Å². The Balaban J connectivity index is 1.42. The molecule has 5 heteroatoms. The Morgan fingerprint density at radius 2 is 1.67 bits per heavy atom. The van der Waals surface area contributed by atoms with E-state index in [1.807, 2.05) is 66.7 Å². The van der Waals surface area contributed by atoms with Gasteiger partial charge in [0, 0.05) is 29.9 Å². The summed E-state index contributed by atoms with van der Waals surface area (Å²) in [5.41, 5.74) is 3.60. The fraction of sp³-hybridized carbons (Fsp3) is 0.200. The molecule has 30 heavy (non-hydrogen) atoms. The zero-order valence-corrected chi connectivity index (χ0v) is 16.9. The standard InChI is InChI=1S/C25H24N2O3/c1-18(30-21-15-13-20(14-16-21)27-17-7-12-24(27)28)25(29)26-23-11-6-5-10-22(23)19-8-3-2-4-9-19/h2-6,8-11,13-16,18H,7,12,17H2,1H3,(H,26,29)/t18-/m1/s1. The van der Waals surface area contributed by atoms with Gasteiger partial charge in [-0.15, -0.1) is 0 Å². The Bertz CT molecular complexity index is 1030. The Hall–Kier alpha value is -3.60. The summed E-state index contributed by atoms with van der Waals surface area (Å²) in [6, 6.07) is 24.9. The van der Waals surface area contributed by atoms with E-state index >= 15 is 0 Å². The number of rotatable bonds is 6. The first kappa shape index (κ1) is 19.7. The summed E-state index contributed by atoms with van der Waals surface area (Å²) >= 11 is 0. The molecule has 4 rings (SSSR count). The maximum Gasteiger partial charge on any atom is 0.265 e. The highest BCUT2D eigenvalue weighted by Crippen LogP contribution is 2.28. The Morgan fingerprint density at radius 3 is 2.37 bits per heavy atom. The van der Waals surface area contributed by atoms with Gasteiger partial charge in [-0.3, -0.25) is 9.59 Å².